The second-order valence-corrected chi connectivity index (χ2v) is 5.30. The highest BCUT2D eigenvalue weighted by Gasteiger charge is 2.57. The number of hydrogen-bond donors (Lipinski definition) is 2. The summed E-state index contributed by atoms with van der Waals surface area (Å²) in [6, 6.07) is 5.65. The van der Waals surface area contributed by atoms with Crippen LogP contribution in [0.25, 0.3) is 6.08 Å². The molecule has 1 amide bonds. The first-order valence-corrected chi connectivity index (χ1v) is 6.72. The second-order valence-electron chi connectivity index (χ2n) is 5.30. The fourth-order valence-electron chi connectivity index (χ4n) is 2.22. The van der Waals surface area contributed by atoms with E-state index in [-0.39, 0.29) is 12.1 Å². The first-order chi connectivity index (χ1) is 10.6. The fourth-order valence-corrected chi connectivity index (χ4v) is 2.22. The van der Waals surface area contributed by atoms with Gasteiger partial charge in [0.25, 0.3) is 0 Å². The zero-order valence-corrected chi connectivity index (χ0v) is 11.9. The van der Waals surface area contributed by atoms with E-state index in [0.29, 0.717) is 5.56 Å². The number of aliphatic hydroxyl groups is 1. The lowest BCUT2D eigenvalue weighted by Gasteiger charge is -2.25. The Kier molecular flexibility index (Phi) is 4.46. The third-order valence-corrected chi connectivity index (χ3v) is 3.66. The minimum atomic E-state index is -4.78. The Hall–Kier alpha value is -2.35. The molecule has 23 heavy (non-hydrogen) atoms. The minimum absolute atomic E-state index is 0.0864. The van der Waals surface area contributed by atoms with Crippen LogP contribution in [0.5, 0.6) is 0 Å². The van der Waals surface area contributed by atoms with Gasteiger partial charge in [0.15, 0.2) is 5.60 Å². The highest BCUT2D eigenvalue weighted by molar-refractivity contribution is 5.92. The first-order valence-electron chi connectivity index (χ1n) is 6.72. The summed E-state index contributed by atoms with van der Waals surface area (Å²) in [5.41, 5.74) is -2.24. The van der Waals surface area contributed by atoms with Crippen LogP contribution in [0.2, 0.25) is 0 Å². The Balaban J connectivity index is 2.01. The Labute approximate surface area is 129 Å². The number of likely N-dealkylation sites (tertiary alicyclic amines) is 1. The number of amides is 1. The van der Waals surface area contributed by atoms with E-state index in [2.05, 4.69) is 0 Å². The van der Waals surface area contributed by atoms with Crippen LogP contribution < -0.4 is 0 Å². The highest BCUT2D eigenvalue weighted by atomic mass is 19.4. The number of carbonyl (C=O) groups excluding carboxylic acids is 1. The summed E-state index contributed by atoms with van der Waals surface area (Å²) >= 11 is 0. The Morgan fingerprint density at radius 1 is 1.22 bits per heavy atom. The Morgan fingerprint density at radius 3 is 2.30 bits per heavy atom. The van der Waals surface area contributed by atoms with Crippen molar-refractivity contribution in [3.63, 3.8) is 0 Å². The van der Waals surface area contributed by atoms with Crippen LogP contribution in [-0.2, 0) is 4.79 Å². The van der Waals surface area contributed by atoms with Crippen LogP contribution in [0, 0.1) is 0 Å². The van der Waals surface area contributed by atoms with Crippen molar-refractivity contribution in [1.82, 2.24) is 4.90 Å². The molecule has 1 aromatic carbocycles. The van der Waals surface area contributed by atoms with Crippen LogP contribution in [0.4, 0.5) is 13.2 Å². The van der Waals surface area contributed by atoms with Crippen LogP contribution in [0.15, 0.2) is 30.3 Å². The highest BCUT2D eigenvalue weighted by Crippen LogP contribution is 2.37. The molecule has 0 aliphatic carbocycles. The summed E-state index contributed by atoms with van der Waals surface area (Å²) in [6.07, 6.45) is -2.86. The Morgan fingerprint density at radius 2 is 1.83 bits per heavy atom. The molecule has 0 saturated carbocycles. The molecule has 1 saturated heterocycles. The molecular weight excluding hydrogens is 315 g/mol. The number of nitrogens with zero attached hydrogens (tertiary/aromatic N) is 1. The van der Waals surface area contributed by atoms with Gasteiger partial charge in [0, 0.05) is 19.0 Å². The lowest BCUT2D eigenvalue weighted by Crippen LogP contribution is -2.47. The van der Waals surface area contributed by atoms with Gasteiger partial charge in [-0.1, -0.05) is 12.1 Å². The molecule has 124 valence electrons. The molecule has 0 bridgehead atoms. The number of carboxylic acids is 1. The van der Waals surface area contributed by atoms with Gasteiger partial charge in [-0.2, -0.15) is 13.2 Å². The zero-order chi connectivity index (χ0) is 17.3. The van der Waals surface area contributed by atoms with Gasteiger partial charge in [-0.3, -0.25) is 4.79 Å². The summed E-state index contributed by atoms with van der Waals surface area (Å²) < 4.78 is 38.0. The van der Waals surface area contributed by atoms with Crippen LogP contribution in [0.1, 0.15) is 22.3 Å². The van der Waals surface area contributed by atoms with Crippen molar-refractivity contribution in [2.45, 2.75) is 18.2 Å². The normalized spacial score (nSPS) is 21.8. The third-order valence-electron chi connectivity index (χ3n) is 3.66. The average Bonchev–Trinajstić information content (AvgIpc) is 2.89. The summed E-state index contributed by atoms with van der Waals surface area (Å²) in [6.45, 7) is -0.977. The number of aromatic carboxylic acids is 1. The van der Waals surface area contributed by atoms with Crippen LogP contribution in [0.3, 0.4) is 0 Å². The van der Waals surface area contributed by atoms with Crippen molar-refractivity contribution in [3.8, 4) is 0 Å². The van der Waals surface area contributed by atoms with Crippen molar-refractivity contribution in [2.75, 3.05) is 13.1 Å². The lowest BCUT2D eigenvalue weighted by molar-refractivity contribution is -0.253. The first kappa shape index (κ1) is 17.0. The number of halogens is 3. The SMILES string of the molecule is O=C(O)c1ccc(C=CC(=O)N2CCC(O)(C(F)(F)F)C2)cc1. The van der Waals surface area contributed by atoms with E-state index in [1.165, 1.54) is 30.3 Å². The molecule has 2 N–H and O–H groups in total. The molecule has 8 heteroatoms. The van der Waals surface area contributed by atoms with Gasteiger partial charge >= 0.3 is 12.1 Å². The summed E-state index contributed by atoms with van der Waals surface area (Å²) in [5.74, 6) is -1.73. The molecule has 1 atom stereocenters. The van der Waals surface area contributed by atoms with Crippen molar-refractivity contribution >= 4 is 18.0 Å². The maximum atomic E-state index is 12.7. The van der Waals surface area contributed by atoms with Crippen molar-refractivity contribution in [2.24, 2.45) is 0 Å². The van der Waals surface area contributed by atoms with Crippen LogP contribution in [-0.4, -0.2) is 51.9 Å². The van der Waals surface area contributed by atoms with Gasteiger partial charge in [-0.05, 0) is 23.8 Å². The molecule has 0 radical (unpaired) electrons. The standard InChI is InChI=1S/C15H14F3NO4/c16-15(17,18)14(23)7-8-19(9-14)12(20)6-3-10-1-4-11(5-2-10)13(21)22/h1-6,23H,7-9H2,(H,21,22). The molecule has 1 fully saturated rings. The predicted molar refractivity (Wildman–Crippen MR) is 74.6 cm³/mol. The largest absolute Gasteiger partial charge is 0.478 e. The monoisotopic (exact) mass is 329 g/mol. The van der Waals surface area contributed by atoms with Gasteiger partial charge < -0.3 is 15.1 Å². The smallest absolute Gasteiger partial charge is 0.419 e. The van der Waals surface area contributed by atoms with E-state index in [1.807, 2.05) is 0 Å². The van der Waals surface area contributed by atoms with Crippen molar-refractivity contribution < 1.29 is 33.0 Å². The summed E-state index contributed by atoms with van der Waals surface area (Å²) in [5, 5.41) is 18.3. The summed E-state index contributed by atoms with van der Waals surface area (Å²) in [4.78, 5) is 23.5. The fraction of sp³-hybridized carbons (Fsp3) is 0.333. The van der Waals surface area contributed by atoms with E-state index in [9.17, 15) is 27.9 Å². The molecule has 1 unspecified atom stereocenters. The number of carboxylic acid groups (broad SMARTS) is 1. The second kappa shape index (κ2) is 6.04. The average molecular weight is 329 g/mol. The molecule has 1 aromatic rings. The summed E-state index contributed by atoms with van der Waals surface area (Å²) in [7, 11) is 0. The quantitative estimate of drug-likeness (QED) is 0.831. The molecule has 1 heterocycles. The van der Waals surface area contributed by atoms with Gasteiger partial charge in [0.2, 0.25) is 5.91 Å². The maximum absolute atomic E-state index is 12.7. The molecule has 1 aliphatic heterocycles. The number of carbonyl (C=O) groups is 2. The van der Waals surface area contributed by atoms with E-state index in [0.717, 1.165) is 11.0 Å². The molecular formula is C15H14F3NO4. The number of alkyl halides is 3. The number of rotatable bonds is 3. The van der Waals surface area contributed by atoms with E-state index < -0.39 is 36.6 Å². The molecule has 0 spiro atoms. The molecule has 0 aromatic heterocycles. The number of benzene rings is 1. The van der Waals surface area contributed by atoms with Crippen LogP contribution >= 0.6 is 0 Å². The molecule has 5 nitrogen and oxygen atoms in total. The third kappa shape index (κ3) is 3.70. The molecule has 1 aliphatic rings. The maximum Gasteiger partial charge on any atom is 0.419 e. The number of hydrogen-bond acceptors (Lipinski definition) is 3. The van der Waals surface area contributed by atoms with E-state index in [1.54, 1.807) is 0 Å². The predicted octanol–water partition coefficient (Wildman–Crippen LogP) is 1.92. The van der Waals surface area contributed by atoms with Gasteiger partial charge in [-0.25, -0.2) is 4.79 Å². The van der Waals surface area contributed by atoms with E-state index in [4.69, 9.17) is 5.11 Å². The van der Waals surface area contributed by atoms with Gasteiger partial charge in [0.05, 0.1) is 12.1 Å². The molecule has 2 rings (SSSR count). The van der Waals surface area contributed by atoms with Crippen molar-refractivity contribution in [1.29, 1.82) is 0 Å². The van der Waals surface area contributed by atoms with Gasteiger partial charge in [-0.15, -0.1) is 0 Å². The van der Waals surface area contributed by atoms with Crippen molar-refractivity contribution in [3.05, 3.63) is 41.5 Å². The van der Waals surface area contributed by atoms with Gasteiger partial charge in [0.1, 0.15) is 0 Å². The minimum Gasteiger partial charge on any atom is -0.478 e. The van der Waals surface area contributed by atoms with E-state index >= 15 is 0 Å². The lowest BCUT2D eigenvalue weighted by atomic mass is 10.0. The Bertz CT molecular complexity index is 639. The topological polar surface area (TPSA) is 77.8 Å². The zero-order valence-electron chi connectivity index (χ0n) is 11.9. The number of β-amino-alcohol motifs (C(OH)–C–C–N with tert-alkyl or cyclic N) is 1.